The van der Waals surface area contributed by atoms with Crippen LogP contribution in [-0.4, -0.2) is 20.4 Å². The van der Waals surface area contributed by atoms with Crippen molar-refractivity contribution in [3.8, 4) is 0 Å². The van der Waals surface area contributed by atoms with Crippen LogP contribution >= 0.6 is 23.1 Å². The van der Waals surface area contributed by atoms with Crippen molar-refractivity contribution in [1.82, 2.24) is 19.9 Å². The number of imidazole rings is 1. The fourth-order valence-corrected chi connectivity index (χ4v) is 4.84. The second kappa shape index (κ2) is 9.73. The van der Waals surface area contributed by atoms with Gasteiger partial charge >= 0.3 is 0 Å². The molecule has 0 aliphatic heterocycles. The van der Waals surface area contributed by atoms with Gasteiger partial charge in [0.2, 0.25) is 0 Å². The van der Waals surface area contributed by atoms with Gasteiger partial charge in [-0.1, -0.05) is 48.2 Å². The third kappa shape index (κ3) is 5.37. The zero-order chi connectivity index (χ0) is 20.8. The summed E-state index contributed by atoms with van der Waals surface area (Å²) in [6.45, 7) is 3.23. The molecular formula is C23H22N4OS2. The average molecular weight is 435 g/mol. The first kappa shape index (κ1) is 20.4. The number of carbonyl (C=O) groups is 1. The molecular weight excluding hydrogens is 412 g/mol. The molecule has 5 nitrogen and oxygen atoms in total. The molecule has 0 atom stereocenters. The molecule has 4 rings (SSSR count). The van der Waals surface area contributed by atoms with E-state index in [1.54, 1.807) is 35.6 Å². The lowest BCUT2D eigenvalue weighted by molar-refractivity contribution is 0.0951. The van der Waals surface area contributed by atoms with Crippen molar-refractivity contribution in [2.45, 2.75) is 30.1 Å². The van der Waals surface area contributed by atoms with Crippen LogP contribution in [0, 0.1) is 6.92 Å². The first-order chi connectivity index (χ1) is 14.7. The van der Waals surface area contributed by atoms with Gasteiger partial charge in [-0.05, 0) is 35.7 Å². The quantitative estimate of drug-likeness (QED) is 0.400. The minimum Gasteiger partial charge on any atom is -0.348 e. The zero-order valence-electron chi connectivity index (χ0n) is 16.6. The standard InChI is InChI=1S/C23H22N4OS2/c1-17-14-29-23(26-17)30-15-18-6-8-19(9-7-18)22(28)25-12-20-4-2-3-5-21(20)13-27-11-10-24-16-27/h2-11,14,16H,12-13,15H2,1H3,(H,25,28). The SMILES string of the molecule is Cc1csc(SCc2ccc(C(=O)NCc3ccccc3Cn3ccnc3)cc2)n1. The summed E-state index contributed by atoms with van der Waals surface area (Å²) in [6, 6.07) is 15.9. The molecule has 0 fully saturated rings. The Morgan fingerprint density at radius 1 is 1.13 bits per heavy atom. The van der Waals surface area contributed by atoms with Gasteiger partial charge in [-0.25, -0.2) is 9.97 Å². The number of thiazole rings is 1. The zero-order valence-corrected chi connectivity index (χ0v) is 18.2. The van der Waals surface area contributed by atoms with Crippen molar-refractivity contribution in [2.24, 2.45) is 0 Å². The van der Waals surface area contributed by atoms with E-state index in [-0.39, 0.29) is 5.91 Å². The molecule has 0 saturated carbocycles. The third-order valence-corrected chi connectivity index (χ3v) is 6.86. The van der Waals surface area contributed by atoms with Crippen LogP contribution in [0.2, 0.25) is 0 Å². The molecule has 4 aromatic rings. The van der Waals surface area contributed by atoms with E-state index >= 15 is 0 Å². The van der Waals surface area contributed by atoms with Crippen molar-refractivity contribution in [1.29, 1.82) is 0 Å². The Balaban J connectivity index is 1.33. The van der Waals surface area contributed by atoms with Crippen LogP contribution < -0.4 is 5.32 Å². The summed E-state index contributed by atoms with van der Waals surface area (Å²) in [7, 11) is 0. The van der Waals surface area contributed by atoms with Crippen molar-refractivity contribution in [3.05, 3.63) is 101 Å². The topological polar surface area (TPSA) is 59.8 Å². The van der Waals surface area contributed by atoms with Gasteiger partial charge in [0, 0.05) is 47.9 Å². The lowest BCUT2D eigenvalue weighted by Crippen LogP contribution is -2.23. The Bertz CT molecular complexity index is 1100. The molecule has 2 heterocycles. The van der Waals surface area contributed by atoms with E-state index in [4.69, 9.17) is 0 Å². The number of nitrogens with one attached hydrogen (secondary N) is 1. The molecule has 0 spiro atoms. The second-order valence-electron chi connectivity index (χ2n) is 6.93. The van der Waals surface area contributed by atoms with E-state index in [2.05, 4.69) is 26.7 Å². The van der Waals surface area contributed by atoms with Crippen LogP contribution in [0.15, 0.2) is 77.0 Å². The Hall–Kier alpha value is -2.90. The Kier molecular flexibility index (Phi) is 6.61. The van der Waals surface area contributed by atoms with Crippen molar-refractivity contribution in [2.75, 3.05) is 0 Å². The highest BCUT2D eigenvalue weighted by Gasteiger charge is 2.08. The Morgan fingerprint density at radius 2 is 1.93 bits per heavy atom. The molecule has 2 aromatic carbocycles. The van der Waals surface area contributed by atoms with Gasteiger partial charge in [-0.15, -0.1) is 11.3 Å². The number of aromatic nitrogens is 3. The minimum atomic E-state index is -0.0674. The molecule has 0 bridgehead atoms. The maximum absolute atomic E-state index is 12.6. The van der Waals surface area contributed by atoms with Gasteiger partial charge in [-0.3, -0.25) is 4.79 Å². The maximum Gasteiger partial charge on any atom is 0.251 e. The third-order valence-electron chi connectivity index (χ3n) is 4.65. The van der Waals surface area contributed by atoms with Gasteiger partial charge < -0.3 is 9.88 Å². The summed E-state index contributed by atoms with van der Waals surface area (Å²) < 4.78 is 3.09. The predicted molar refractivity (Wildman–Crippen MR) is 122 cm³/mol. The molecule has 7 heteroatoms. The van der Waals surface area contributed by atoms with Crippen LogP contribution in [-0.2, 0) is 18.8 Å². The molecule has 152 valence electrons. The first-order valence-electron chi connectivity index (χ1n) is 9.62. The summed E-state index contributed by atoms with van der Waals surface area (Å²) in [5, 5.41) is 5.10. The number of aryl methyl sites for hydroxylation is 1. The summed E-state index contributed by atoms with van der Waals surface area (Å²) in [4.78, 5) is 21.2. The summed E-state index contributed by atoms with van der Waals surface area (Å²) in [5.41, 5.74) is 5.17. The monoisotopic (exact) mass is 434 g/mol. The highest BCUT2D eigenvalue weighted by molar-refractivity contribution is 8.00. The number of hydrogen-bond acceptors (Lipinski definition) is 5. The number of carbonyl (C=O) groups excluding carboxylic acids is 1. The van der Waals surface area contributed by atoms with Gasteiger partial charge in [-0.2, -0.15) is 0 Å². The van der Waals surface area contributed by atoms with Crippen LogP contribution in [0.25, 0.3) is 0 Å². The van der Waals surface area contributed by atoms with E-state index in [0.717, 1.165) is 27.9 Å². The lowest BCUT2D eigenvalue weighted by atomic mass is 10.1. The van der Waals surface area contributed by atoms with Crippen LogP contribution in [0.3, 0.4) is 0 Å². The molecule has 0 saturated heterocycles. The minimum absolute atomic E-state index is 0.0674. The van der Waals surface area contributed by atoms with Gasteiger partial charge in [0.05, 0.1) is 6.33 Å². The van der Waals surface area contributed by atoms with Crippen molar-refractivity contribution < 1.29 is 4.79 Å². The smallest absolute Gasteiger partial charge is 0.251 e. The molecule has 1 N–H and O–H groups in total. The normalized spacial score (nSPS) is 10.8. The van der Waals surface area contributed by atoms with Gasteiger partial charge in [0.1, 0.15) is 4.34 Å². The summed E-state index contributed by atoms with van der Waals surface area (Å²) in [5.74, 6) is 0.776. The molecule has 1 amide bonds. The molecule has 0 aliphatic rings. The van der Waals surface area contributed by atoms with Crippen molar-refractivity contribution in [3.63, 3.8) is 0 Å². The van der Waals surface area contributed by atoms with E-state index in [1.165, 1.54) is 11.1 Å². The Morgan fingerprint density at radius 3 is 2.63 bits per heavy atom. The summed E-state index contributed by atoms with van der Waals surface area (Å²) in [6.07, 6.45) is 5.50. The van der Waals surface area contributed by atoms with Crippen molar-refractivity contribution >= 4 is 29.0 Å². The van der Waals surface area contributed by atoms with Crippen LogP contribution in [0.4, 0.5) is 0 Å². The van der Waals surface area contributed by atoms with Gasteiger partial charge in [0.25, 0.3) is 5.91 Å². The maximum atomic E-state index is 12.6. The number of benzene rings is 2. The number of thioether (sulfide) groups is 1. The van der Waals surface area contributed by atoms with E-state index < -0.39 is 0 Å². The fourth-order valence-electron chi connectivity index (χ4n) is 3.03. The second-order valence-corrected chi connectivity index (χ2v) is 9.01. The number of nitrogens with zero attached hydrogens (tertiary/aromatic N) is 3. The van der Waals surface area contributed by atoms with Gasteiger partial charge in [0.15, 0.2) is 0 Å². The first-order valence-corrected chi connectivity index (χ1v) is 11.5. The van der Waals surface area contributed by atoms with Crippen LogP contribution in [0.1, 0.15) is 32.7 Å². The molecule has 0 aliphatic carbocycles. The van der Waals surface area contributed by atoms with E-state index in [0.29, 0.717) is 12.1 Å². The predicted octanol–water partition coefficient (Wildman–Crippen LogP) is 4.92. The highest BCUT2D eigenvalue weighted by atomic mass is 32.2. The highest BCUT2D eigenvalue weighted by Crippen LogP contribution is 2.26. The average Bonchev–Trinajstić information content (AvgIpc) is 3.43. The van der Waals surface area contributed by atoms with E-state index in [1.807, 2.05) is 60.2 Å². The molecule has 0 unspecified atom stereocenters. The summed E-state index contributed by atoms with van der Waals surface area (Å²) >= 11 is 3.39. The largest absolute Gasteiger partial charge is 0.348 e. The number of amides is 1. The molecule has 0 radical (unpaired) electrons. The number of hydrogen-bond donors (Lipinski definition) is 1. The van der Waals surface area contributed by atoms with Crippen LogP contribution in [0.5, 0.6) is 0 Å². The molecule has 2 aromatic heterocycles. The Labute approximate surface area is 184 Å². The molecule has 30 heavy (non-hydrogen) atoms. The number of rotatable bonds is 8. The lowest BCUT2D eigenvalue weighted by Gasteiger charge is -2.11. The van der Waals surface area contributed by atoms with E-state index in [9.17, 15) is 4.79 Å². The fraction of sp³-hybridized carbons (Fsp3) is 0.174.